The van der Waals surface area contributed by atoms with Crippen molar-refractivity contribution in [2.75, 3.05) is 0 Å². The summed E-state index contributed by atoms with van der Waals surface area (Å²) in [6, 6.07) is 55.4. The SMILES string of the molecule is c1ccc2cc(-c3nc(-c4ccc(-c5nc6ccccc6c6sc7ccccc7c56)cc4)nc(-c4cccc5c4sc4ccccc45)n3)ccc2c1. The first kappa shape index (κ1) is 29.4. The van der Waals surface area contributed by atoms with Gasteiger partial charge in [0.2, 0.25) is 0 Å². The number of fused-ring (bicyclic) bond motifs is 9. The average Bonchev–Trinajstić information content (AvgIpc) is 3.80. The Morgan fingerprint density at radius 3 is 1.81 bits per heavy atom. The van der Waals surface area contributed by atoms with Crippen LogP contribution in [0.25, 0.3) is 107 Å². The second-order valence-corrected chi connectivity index (χ2v) is 15.1. The highest BCUT2D eigenvalue weighted by Crippen LogP contribution is 2.43. The molecule has 0 aliphatic carbocycles. The molecule has 0 N–H and O–H groups in total. The van der Waals surface area contributed by atoms with Crippen molar-refractivity contribution in [2.24, 2.45) is 0 Å². The van der Waals surface area contributed by atoms with Gasteiger partial charge in [-0.1, -0.05) is 127 Å². The van der Waals surface area contributed by atoms with Crippen LogP contribution < -0.4 is 0 Å². The summed E-state index contributed by atoms with van der Waals surface area (Å²) in [4.78, 5) is 20.7. The standard InChI is InChI=1S/C46H26N4S2/c1-2-11-30-26-31(25-20-27(30)10-1)45-48-44(49-46(50-45)36-16-9-15-33-32-12-4-7-18-38(32)51-42(33)36)29-23-21-28(22-24-29)41-40-35-14-5-8-19-39(35)52-43(40)34-13-3-6-17-37(34)47-41/h1-26H. The summed E-state index contributed by atoms with van der Waals surface area (Å²) in [6.45, 7) is 0. The van der Waals surface area contributed by atoms with Crippen molar-refractivity contribution in [2.45, 2.75) is 0 Å². The third-order valence-corrected chi connectivity index (χ3v) is 12.3. The zero-order valence-corrected chi connectivity index (χ0v) is 29.2. The Morgan fingerprint density at radius 2 is 0.962 bits per heavy atom. The van der Waals surface area contributed by atoms with Crippen molar-refractivity contribution >= 4 is 84.7 Å². The normalized spacial score (nSPS) is 11.8. The van der Waals surface area contributed by atoms with E-state index in [1.165, 1.54) is 51.1 Å². The Kier molecular flexibility index (Phi) is 6.56. The lowest BCUT2D eigenvalue weighted by Gasteiger charge is -2.11. The van der Waals surface area contributed by atoms with E-state index in [2.05, 4.69) is 158 Å². The summed E-state index contributed by atoms with van der Waals surface area (Å²) in [6.07, 6.45) is 0. The van der Waals surface area contributed by atoms with Crippen molar-refractivity contribution in [1.29, 1.82) is 0 Å². The highest BCUT2D eigenvalue weighted by Gasteiger charge is 2.19. The smallest absolute Gasteiger partial charge is 0.165 e. The topological polar surface area (TPSA) is 51.6 Å². The molecule has 0 spiro atoms. The number of thiophene rings is 2. The van der Waals surface area contributed by atoms with Gasteiger partial charge in [0, 0.05) is 68.0 Å². The Balaban J connectivity index is 1.10. The molecule has 4 heterocycles. The molecule has 7 aromatic carbocycles. The molecule has 11 rings (SSSR count). The molecule has 4 nitrogen and oxygen atoms in total. The molecule has 0 fully saturated rings. The molecule has 0 saturated heterocycles. The Hall–Kier alpha value is -6.34. The van der Waals surface area contributed by atoms with Crippen LogP contribution in [0.4, 0.5) is 0 Å². The maximum absolute atomic E-state index is 5.24. The molecule has 0 saturated carbocycles. The fourth-order valence-corrected chi connectivity index (χ4v) is 9.85. The zero-order chi connectivity index (χ0) is 34.2. The Bertz CT molecular complexity index is 3200. The van der Waals surface area contributed by atoms with Crippen molar-refractivity contribution < 1.29 is 0 Å². The third kappa shape index (κ3) is 4.65. The van der Waals surface area contributed by atoms with Gasteiger partial charge in [0.15, 0.2) is 17.5 Å². The van der Waals surface area contributed by atoms with E-state index < -0.39 is 0 Å². The number of para-hydroxylation sites is 1. The lowest BCUT2D eigenvalue weighted by molar-refractivity contribution is 1.08. The van der Waals surface area contributed by atoms with Gasteiger partial charge >= 0.3 is 0 Å². The van der Waals surface area contributed by atoms with Gasteiger partial charge in [-0.2, -0.15) is 0 Å². The molecule has 0 bridgehead atoms. The molecular formula is C46H26N4S2. The van der Waals surface area contributed by atoms with Crippen LogP contribution in [-0.2, 0) is 0 Å². The van der Waals surface area contributed by atoms with Crippen LogP contribution in [-0.4, -0.2) is 19.9 Å². The fourth-order valence-electron chi connectivity index (χ4n) is 7.40. The van der Waals surface area contributed by atoms with Gasteiger partial charge in [-0.3, -0.25) is 0 Å². The van der Waals surface area contributed by atoms with Crippen LogP contribution >= 0.6 is 22.7 Å². The van der Waals surface area contributed by atoms with E-state index in [9.17, 15) is 0 Å². The molecule has 0 unspecified atom stereocenters. The average molecular weight is 699 g/mol. The van der Waals surface area contributed by atoms with E-state index in [-0.39, 0.29) is 0 Å². The molecule has 0 amide bonds. The molecule has 0 aliphatic rings. The molecule has 11 aromatic rings. The van der Waals surface area contributed by atoms with Crippen LogP contribution in [0.15, 0.2) is 158 Å². The molecule has 4 aromatic heterocycles. The van der Waals surface area contributed by atoms with Gasteiger partial charge in [-0.15, -0.1) is 22.7 Å². The Labute approximate surface area is 306 Å². The molecule has 0 radical (unpaired) electrons. The van der Waals surface area contributed by atoms with Gasteiger partial charge in [0.1, 0.15) is 0 Å². The summed E-state index contributed by atoms with van der Waals surface area (Å²) < 4.78 is 4.96. The first-order chi connectivity index (χ1) is 25.7. The largest absolute Gasteiger partial charge is 0.247 e. The van der Waals surface area contributed by atoms with Crippen molar-refractivity contribution in [3.8, 4) is 45.4 Å². The number of pyridine rings is 1. The maximum Gasteiger partial charge on any atom is 0.165 e. The van der Waals surface area contributed by atoms with Gasteiger partial charge in [-0.05, 0) is 41.1 Å². The third-order valence-electron chi connectivity index (χ3n) is 9.92. The number of benzene rings is 7. The minimum absolute atomic E-state index is 0.635. The number of hydrogen-bond acceptors (Lipinski definition) is 6. The predicted molar refractivity (Wildman–Crippen MR) is 220 cm³/mol. The van der Waals surface area contributed by atoms with E-state index in [0.29, 0.717) is 17.5 Å². The first-order valence-corrected chi connectivity index (χ1v) is 18.9. The zero-order valence-electron chi connectivity index (χ0n) is 27.6. The van der Waals surface area contributed by atoms with E-state index in [4.69, 9.17) is 19.9 Å². The van der Waals surface area contributed by atoms with Crippen LogP contribution in [0.1, 0.15) is 0 Å². The highest BCUT2D eigenvalue weighted by molar-refractivity contribution is 7.27. The van der Waals surface area contributed by atoms with Gasteiger partial charge in [0.25, 0.3) is 0 Å². The Morgan fingerprint density at radius 1 is 0.365 bits per heavy atom. The van der Waals surface area contributed by atoms with E-state index in [0.717, 1.165) is 38.9 Å². The summed E-state index contributed by atoms with van der Waals surface area (Å²) in [5.74, 6) is 1.95. The molecule has 0 aliphatic heterocycles. The molecule has 0 atom stereocenters. The second kappa shape index (κ2) is 11.6. The minimum atomic E-state index is 0.635. The summed E-state index contributed by atoms with van der Waals surface area (Å²) in [5.41, 5.74) is 5.93. The predicted octanol–water partition coefficient (Wildman–Crippen LogP) is 13.0. The van der Waals surface area contributed by atoms with Gasteiger partial charge in [-0.25, -0.2) is 19.9 Å². The quantitative estimate of drug-likeness (QED) is 0.184. The lowest BCUT2D eigenvalue weighted by atomic mass is 10.0. The van der Waals surface area contributed by atoms with Crippen LogP contribution in [0, 0.1) is 0 Å². The molecular weight excluding hydrogens is 673 g/mol. The fraction of sp³-hybridized carbons (Fsp3) is 0. The summed E-state index contributed by atoms with van der Waals surface area (Å²) >= 11 is 3.62. The number of nitrogens with zero attached hydrogens (tertiary/aromatic N) is 4. The van der Waals surface area contributed by atoms with Gasteiger partial charge in [0.05, 0.1) is 11.2 Å². The number of hydrogen-bond donors (Lipinski definition) is 0. The van der Waals surface area contributed by atoms with Crippen molar-refractivity contribution in [3.63, 3.8) is 0 Å². The van der Waals surface area contributed by atoms with Gasteiger partial charge < -0.3 is 0 Å². The monoisotopic (exact) mass is 698 g/mol. The van der Waals surface area contributed by atoms with E-state index in [1.807, 2.05) is 11.3 Å². The lowest BCUT2D eigenvalue weighted by Crippen LogP contribution is -2.00. The molecule has 52 heavy (non-hydrogen) atoms. The minimum Gasteiger partial charge on any atom is -0.247 e. The van der Waals surface area contributed by atoms with Crippen LogP contribution in [0.3, 0.4) is 0 Å². The second-order valence-electron chi connectivity index (χ2n) is 13.0. The summed E-state index contributed by atoms with van der Waals surface area (Å²) in [7, 11) is 0. The van der Waals surface area contributed by atoms with E-state index in [1.54, 1.807) is 11.3 Å². The van der Waals surface area contributed by atoms with Crippen LogP contribution in [0.5, 0.6) is 0 Å². The molecule has 6 heteroatoms. The first-order valence-electron chi connectivity index (χ1n) is 17.2. The number of aromatic nitrogens is 4. The number of rotatable bonds is 4. The van der Waals surface area contributed by atoms with Crippen molar-refractivity contribution in [1.82, 2.24) is 19.9 Å². The van der Waals surface area contributed by atoms with Crippen LogP contribution in [0.2, 0.25) is 0 Å². The highest BCUT2D eigenvalue weighted by atomic mass is 32.1. The maximum atomic E-state index is 5.24. The van der Waals surface area contributed by atoms with E-state index >= 15 is 0 Å². The van der Waals surface area contributed by atoms with Crippen molar-refractivity contribution in [3.05, 3.63) is 158 Å². The molecule has 242 valence electrons. The summed E-state index contributed by atoms with van der Waals surface area (Å²) in [5, 5.41) is 8.41.